The molecule has 1 aromatic carbocycles. The molecule has 0 spiro atoms. The van der Waals surface area contributed by atoms with Gasteiger partial charge < -0.3 is 11.1 Å². The van der Waals surface area contributed by atoms with Crippen LogP contribution in [-0.4, -0.2) is 19.0 Å². The Kier molecular flexibility index (Phi) is 5.89. The van der Waals surface area contributed by atoms with Crippen LogP contribution in [0.2, 0.25) is 5.02 Å². The van der Waals surface area contributed by atoms with Crippen molar-refractivity contribution in [2.45, 2.75) is 12.8 Å². The summed E-state index contributed by atoms with van der Waals surface area (Å²) in [5, 5.41) is 5.98. The Morgan fingerprint density at radius 2 is 2.05 bits per heavy atom. The molecule has 0 aliphatic carbocycles. The van der Waals surface area contributed by atoms with Crippen molar-refractivity contribution < 1.29 is 0 Å². The number of nitrogens with two attached hydrogens (primary N) is 1. The van der Waals surface area contributed by atoms with Crippen molar-refractivity contribution in [1.29, 1.82) is 0 Å². The molecule has 106 valence electrons. The fourth-order valence-electron chi connectivity index (χ4n) is 1.82. The minimum absolute atomic E-state index is 0.494. The second kappa shape index (κ2) is 7.92. The summed E-state index contributed by atoms with van der Waals surface area (Å²) in [4.78, 5) is 5.64. The van der Waals surface area contributed by atoms with Gasteiger partial charge in [0.1, 0.15) is 0 Å². The first-order valence-electron chi connectivity index (χ1n) is 6.55. The molecule has 0 fully saturated rings. The van der Waals surface area contributed by atoms with Crippen LogP contribution in [0.4, 0.5) is 0 Å². The average Bonchev–Trinajstić information content (AvgIpc) is 2.94. The van der Waals surface area contributed by atoms with Crippen LogP contribution in [-0.2, 0) is 12.8 Å². The molecule has 0 bridgehead atoms. The van der Waals surface area contributed by atoms with E-state index >= 15 is 0 Å². The smallest absolute Gasteiger partial charge is 0.188 e. The topological polar surface area (TPSA) is 50.4 Å². The Labute approximate surface area is 128 Å². The maximum atomic E-state index is 6.09. The van der Waals surface area contributed by atoms with Crippen LogP contribution < -0.4 is 11.1 Å². The summed E-state index contributed by atoms with van der Waals surface area (Å²) in [6.07, 6.45) is 1.77. The lowest BCUT2D eigenvalue weighted by atomic mass is 10.1. The lowest BCUT2D eigenvalue weighted by molar-refractivity contribution is 0.845. The average molecular weight is 308 g/mol. The zero-order valence-corrected chi connectivity index (χ0v) is 12.8. The van der Waals surface area contributed by atoms with Gasteiger partial charge in [0.15, 0.2) is 5.96 Å². The molecule has 0 saturated heterocycles. The van der Waals surface area contributed by atoms with Gasteiger partial charge in [-0.1, -0.05) is 35.9 Å². The van der Waals surface area contributed by atoms with Crippen molar-refractivity contribution in [2.75, 3.05) is 13.1 Å². The summed E-state index contributed by atoms with van der Waals surface area (Å²) in [5.41, 5.74) is 6.94. The summed E-state index contributed by atoms with van der Waals surface area (Å²) >= 11 is 7.84. The number of benzene rings is 1. The van der Waals surface area contributed by atoms with Crippen molar-refractivity contribution in [1.82, 2.24) is 5.32 Å². The van der Waals surface area contributed by atoms with Gasteiger partial charge in [0.25, 0.3) is 0 Å². The van der Waals surface area contributed by atoms with Gasteiger partial charge in [0.2, 0.25) is 0 Å². The van der Waals surface area contributed by atoms with Crippen LogP contribution >= 0.6 is 22.9 Å². The van der Waals surface area contributed by atoms with Crippen molar-refractivity contribution in [3.05, 3.63) is 57.2 Å². The summed E-state index contributed by atoms with van der Waals surface area (Å²) < 4.78 is 0. The van der Waals surface area contributed by atoms with E-state index < -0.39 is 0 Å². The Hall–Kier alpha value is -1.52. The summed E-state index contributed by atoms with van der Waals surface area (Å²) in [6.45, 7) is 1.45. The third kappa shape index (κ3) is 4.87. The van der Waals surface area contributed by atoms with E-state index in [-0.39, 0.29) is 0 Å². The standard InChI is InChI=1S/C15H18ClN3S/c16-14-6-2-1-4-12(14)7-9-18-15(17)19-10-8-13-5-3-11-20-13/h1-6,11H,7-10H2,(H3,17,18,19). The first-order chi connectivity index (χ1) is 9.75. The Morgan fingerprint density at radius 1 is 1.20 bits per heavy atom. The summed E-state index contributed by atoms with van der Waals surface area (Å²) in [5.74, 6) is 0.494. The molecule has 20 heavy (non-hydrogen) atoms. The van der Waals surface area contributed by atoms with Gasteiger partial charge in [-0.25, -0.2) is 0 Å². The predicted molar refractivity (Wildman–Crippen MR) is 87.7 cm³/mol. The Bertz CT molecular complexity index is 552. The van der Waals surface area contributed by atoms with E-state index in [0.29, 0.717) is 12.5 Å². The highest BCUT2D eigenvalue weighted by Crippen LogP contribution is 2.14. The van der Waals surface area contributed by atoms with E-state index in [1.807, 2.05) is 24.3 Å². The van der Waals surface area contributed by atoms with Crippen LogP contribution in [0.1, 0.15) is 10.4 Å². The first-order valence-corrected chi connectivity index (χ1v) is 7.81. The van der Waals surface area contributed by atoms with Crippen LogP contribution in [0.5, 0.6) is 0 Å². The lowest BCUT2D eigenvalue weighted by Crippen LogP contribution is -2.33. The molecular formula is C15H18ClN3S. The largest absolute Gasteiger partial charge is 0.370 e. The first kappa shape index (κ1) is 14.9. The molecule has 0 aliphatic heterocycles. The normalized spacial score (nSPS) is 11.6. The number of hydrogen-bond donors (Lipinski definition) is 2. The molecule has 0 amide bonds. The van der Waals surface area contributed by atoms with Gasteiger partial charge in [0, 0.05) is 29.4 Å². The third-order valence-corrected chi connectivity index (χ3v) is 4.18. The highest BCUT2D eigenvalue weighted by Gasteiger charge is 1.99. The molecule has 0 unspecified atom stereocenters. The van der Waals surface area contributed by atoms with E-state index in [4.69, 9.17) is 17.3 Å². The molecule has 0 radical (unpaired) electrons. The minimum atomic E-state index is 0.494. The van der Waals surface area contributed by atoms with E-state index in [9.17, 15) is 0 Å². The highest BCUT2D eigenvalue weighted by molar-refractivity contribution is 7.09. The Morgan fingerprint density at radius 3 is 2.80 bits per heavy atom. The van der Waals surface area contributed by atoms with E-state index in [2.05, 4.69) is 27.8 Å². The van der Waals surface area contributed by atoms with E-state index in [1.54, 1.807) is 11.3 Å². The molecule has 3 nitrogen and oxygen atoms in total. The highest BCUT2D eigenvalue weighted by atomic mass is 35.5. The minimum Gasteiger partial charge on any atom is -0.370 e. The van der Waals surface area contributed by atoms with Crippen LogP contribution in [0.25, 0.3) is 0 Å². The number of thiophene rings is 1. The number of hydrogen-bond acceptors (Lipinski definition) is 2. The maximum absolute atomic E-state index is 6.09. The molecule has 1 aromatic heterocycles. The quantitative estimate of drug-likeness (QED) is 0.636. The Balaban J connectivity index is 1.69. The number of nitrogens with zero attached hydrogens (tertiary/aromatic N) is 1. The zero-order chi connectivity index (χ0) is 14.2. The molecule has 3 N–H and O–H groups in total. The van der Waals surface area contributed by atoms with Crippen LogP contribution in [0.15, 0.2) is 46.8 Å². The number of guanidine groups is 1. The fraction of sp³-hybridized carbons (Fsp3) is 0.267. The lowest BCUT2D eigenvalue weighted by Gasteiger charge is -2.06. The number of aliphatic imine (C=N–C) groups is 1. The van der Waals surface area contributed by atoms with Gasteiger partial charge in [-0.2, -0.15) is 0 Å². The van der Waals surface area contributed by atoms with Crippen molar-refractivity contribution in [3.63, 3.8) is 0 Å². The predicted octanol–water partition coefficient (Wildman–Crippen LogP) is 3.09. The number of rotatable bonds is 6. The van der Waals surface area contributed by atoms with Crippen molar-refractivity contribution >= 4 is 28.9 Å². The molecular weight excluding hydrogens is 290 g/mol. The van der Waals surface area contributed by atoms with Crippen molar-refractivity contribution in [3.8, 4) is 0 Å². The van der Waals surface area contributed by atoms with Gasteiger partial charge in [-0.05, 0) is 29.5 Å². The molecule has 5 heteroatoms. The van der Waals surface area contributed by atoms with Crippen LogP contribution in [0, 0.1) is 0 Å². The summed E-state index contributed by atoms with van der Waals surface area (Å²) in [7, 11) is 0. The van der Waals surface area contributed by atoms with Gasteiger partial charge in [-0.15, -0.1) is 11.3 Å². The molecule has 0 aliphatic rings. The number of nitrogens with one attached hydrogen (secondary N) is 1. The maximum Gasteiger partial charge on any atom is 0.188 e. The SMILES string of the molecule is NC(=NCCc1cccs1)NCCc1ccccc1Cl. The van der Waals surface area contributed by atoms with Crippen molar-refractivity contribution in [2.24, 2.45) is 10.7 Å². The van der Waals surface area contributed by atoms with E-state index in [1.165, 1.54) is 4.88 Å². The van der Waals surface area contributed by atoms with E-state index in [0.717, 1.165) is 30.0 Å². The monoisotopic (exact) mass is 307 g/mol. The molecule has 1 heterocycles. The van der Waals surface area contributed by atoms with Crippen LogP contribution in [0.3, 0.4) is 0 Å². The molecule has 0 saturated carbocycles. The summed E-state index contributed by atoms with van der Waals surface area (Å²) in [6, 6.07) is 12.0. The number of halogens is 1. The van der Waals surface area contributed by atoms with Gasteiger partial charge >= 0.3 is 0 Å². The fourth-order valence-corrected chi connectivity index (χ4v) is 2.75. The second-order valence-corrected chi connectivity index (χ2v) is 5.80. The zero-order valence-electron chi connectivity index (χ0n) is 11.2. The molecule has 0 atom stereocenters. The third-order valence-electron chi connectivity index (χ3n) is 2.88. The molecule has 2 aromatic rings. The second-order valence-electron chi connectivity index (χ2n) is 4.36. The van der Waals surface area contributed by atoms with Gasteiger partial charge in [0.05, 0.1) is 0 Å². The van der Waals surface area contributed by atoms with Gasteiger partial charge in [-0.3, -0.25) is 4.99 Å². The molecule has 2 rings (SSSR count).